The van der Waals surface area contributed by atoms with Crippen molar-refractivity contribution < 1.29 is 14.3 Å². The molecule has 0 atom stereocenters. The van der Waals surface area contributed by atoms with E-state index in [0.717, 1.165) is 36.5 Å². The quantitative estimate of drug-likeness (QED) is 0.227. The molecule has 0 saturated carbocycles. The topological polar surface area (TPSA) is 86.1 Å². The van der Waals surface area contributed by atoms with Gasteiger partial charge in [0, 0.05) is 29.2 Å². The monoisotopic (exact) mass is 486 g/mol. The van der Waals surface area contributed by atoms with E-state index in [-0.39, 0.29) is 17.4 Å². The van der Waals surface area contributed by atoms with E-state index in [9.17, 15) is 9.59 Å². The number of carbonyl (C=O) groups is 2. The number of hydrogen-bond donors (Lipinski definition) is 1. The molecule has 3 rings (SSSR count). The SMILES string of the molecule is CCn1c(CCCOc2ccc(Cl)cc2C)nnc1SCC(=O)Nc1ccc(C(C)=O)cc1. The third-order valence-electron chi connectivity index (χ3n) is 4.96. The fourth-order valence-corrected chi connectivity index (χ4v) is 4.28. The second-order valence-corrected chi connectivity index (χ2v) is 8.85. The minimum absolute atomic E-state index is 0.00945. The maximum absolute atomic E-state index is 12.3. The van der Waals surface area contributed by atoms with Crippen LogP contribution in [-0.2, 0) is 17.8 Å². The van der Waals surface area contributed by atoms with Crippen molar-refractivity contribution in [3.8, 4) is 5.75 Å². The summed E-state index contributed by atoms with van der Waals surface area (Å²) in [6.45, 7) is 6.79. The Morgan fingerprint density at radius 1 is 1.15 bits per heavy atom. The number of rotatable bonds is 11. The minimum atomic E-state index is -0.144. The van der Waals surface area contributed by atoms with Crippen molar-refractivity contribution in [2.45, 2.75) is 45.3 Å². The number of aryl methyl sites for hydroxylation is 2. The Labute approximate surface area is 202 Å². The molecule has 0 bridgehead atoms. The number of anilines is 1. The minimum Gasteiger partial charge on any atom is -0.493 e. The molecule has 7 nitrogen and oxygen atoms in total. The van der Waals surface area contributed by atoms with E-state index in [2.05, 4.69) is 15.5 Å². The van der Waals surface area contributed by atoms with Crippen LogP contribution >= 0.6 is 23.4 Å². The Balaban J connectivity index is 1.48. The van der Waals surface area contributed by atoms with Gasteiger partial charge in [-0.2, -0.15) is 0 Å². The number of ether oxygens (including phenoxy) is 1. The van der Waals surface area contributed by atoms with Gasteiger partial charge < -0.3 is 14.6 Å². The molecular formula is C24H27ClN4O3S. The normalized spacial score (nSPS) is 10.8. The first-order valence-electron chi connectivity index (χ1n) is 10.7. The van der Waals surface area contributed by atoms with Crippen LogP contribution in [0.15, 0.2) is 47.6 Å². The van der Waals surface area contributed by atoms with Gasteiger partial charge in [0.05, 0.1) is 12.4 Å². The maximum Gasteiger partial charge on any atom is 0.234 e. The van der Waals surface area contributed by atoms with Gasteiger partial charge in [0.2, 0.25) is 5.91 Å². The van der Waals surface area contributed by atoms with Crippen molar-refractivity contribution in [1.82, 2.24) is 14.8 Å². The van der Waals surface area contributed by atoms with E-state index in [0.29, 0.717) is 28.0 Å². The van der Waals surface area contributed by atoms with E-state index in [4.69, 9.17) is 16.3 Å². The number of halogens is 1. The number of ketones is 1. The van der Waals surface area contributed by atoms with Gasteiger partial charge >= 0.3 is 0 Å². The first-order chi connectivity index (χ1) is 15.9. The standard InChI is InChI=1S/C24H27ClN4O3S/c1-4-29-22(6-5-13-32-21-12-9-19(25)14-16(21)2)27-28-24(29)33-15-23(31)26-20-10-7-18(8-11-20)17(3)30/h7-12,14H,4-6,13,15H2,1-3H3,(H,26,31). The summed E-state index contributed by atoms with van der Waals surface area (Å²) in [5.41, 5.74) is 2.27. The molecule has 0 saturated heterocycles. The summed E-state index contributed by atoms with van der Waals surface area (Å²) in [5, 5.41) is 12.8. The number of thioether (sulfide) groups is 1. The molecule has 0 fully saturated rings. The second kappa shape index (κ2) is 11.9. The summed E-state index contributed by atoms with van der Waals surface area (Å²) < 4.78 is 7.88. The molecular weight excluding hydrogens is 460 g/mol. The maximum atomic E-state index is 12.3. The summed E-state index contributed by atoms with van der Waals surface area (Å²) in [5.74, 6) is 1.76. The number of amides is 1. The fourth-order valence-electron chi connectivity index (χ4n) is 3.23. The van der Waals surface area contributed by atoms with Crippen LogP contribution in [0.2, 0.25) is 5.02 Å². The van der Waals surface area contributed by atoms with Crippen LogP contribution in [0.5, 0.6) is 5.75 Å². The van der Waals surface area contributed by atoms with Gasteiger partial charge in [0.1, 0.15) is 11.6 Å². The molecule has 0 aliphatic carbocycles. The molecule has 1 amide bonds. The van der Waals surface area contributed by atoms with Crippen LogP contribution in [0.3, 0.4) is 0 Å². The molecule has 1 heterocycles. The zero-order valence-electron chi connectivity index (χ0n) is 18.9. The lowest BCUT2D eigenvalue weighted by Crippen LogP contribution is -2.15. The second-order valence-electron chi connectivity index (χ2n) is 7.48. The summed E-state index contributed by atoms with van der Waals surface area (Å²) in [6, 6.07) is 12.4. The Morgan fingerprint density at radius 3 is 2.58 bits per heavy atom. The lowest BCUT2D eigenvalue weighted by molar-refractivity contribution is -0.113. The van der Waals surface area contributed by atoms with E-state index >= 15 is 0 Å². The average molecular weight is 487 g/mol. The number of hydrogen-bond acceptors (Lipinski definition) is 6. The number of nitrogens with zero attached hydrogens (tertiary/aromatic N) is 3. The lowest BCUT2D eigenvalue weighted by Gasteiger charge is -2.10. The molecule has 0 aliphatic heterocycles. The highest BCUT2D eigenvalue weighted by Crippen LogP contribution is 2.22. The van der Waals surface area contributed by atoms with Crippen molar-refractivity contribution in [2.75, 3.05) is 17.7 Å². The zero-order valence-corrected chi connectivity index (χ0v) is 20.5. The largest absolute Gasteiger partial charge is 0.493 e. The van der Waals surface area contributed by atoms with Gasteiger partial charge in [-0.05, 0) is 75.2 Å². The van der Waals surface area contributed by atoms with E-state index in [1.165, 1.54) is 18.7 Å². The third-order valence-corrected chi connectivity index (χ3v) is 6.16. The van der Waals surface area contributed by atoms with Gasteiger partial charge in [-0.15, -0.1) is 10.2 Å². The number of benzene rings is 2. The number of nitrogens with one attached hydrogen (secondary N) is 1. The fraction of sp³-hybridized carbons (Fsp3) is 0.333. The summed E-state index contributed by atoms with van der Waals surface area (Å²) in [7, 11) is 0. The smallest absolute Gasteiger partial charge is 0.234 e. The van der Waals surface area contributed by atoms with Crippen LogP contribution < -0.4 is 10.1 Å². The van der Waals surface area contributed by atoms with Crippen molar-refractivity contribution in [2.24, 2.45) is 0 Å². The molecule has 174 valence electrons. The molecule has 2 aromatic carbocycles. The number of carbonyl (C=O) groups excluding carboxylic acids is 2. The van der Waals surface area contributed by atoms with Crippen molar-refractivity contribution in [3.63, 3.8) is 0 Å². The van der Waals surface area contributed by atoms with Crippen LogP contribution in [0.25, 0.3) is 0 Å². The van der Waals surface area contributed by atoms with Gasteiger partial charge in [-0.25, -0.2) is 0 Å². The highest BCUT2D eigenvalue weighted by Gasteiger charge is 2.13. The predicted octanol–water partition coefficient (Wildman–Crippen LogP) is 5.20. The van der Waals surface area contributed by atoms with E-state index in [1.54, 1.807) is 24.3 Å². The lowest BCUT2D eigenvalue weighted by atomic mass is 10.1. The Kier molecular flexibility index (Phi) is 8.91. The number of aromatic nitrogens is 3. The van der Waals surface area contributed by atoms with Crippen LogP contribution in [0, 0.1) is 6.92 Å². The van der Waals surface area contributed by atoms with E-state index < -0.39 is 0 Å². The molecule has 3 aromatic rings. The Hall–Kier alpha value is -2.84. The predicted molar refractivity (Wildman–Crippen MR) is 132 cm³/mol. The summed E-state index contributed by atoms with van der Waals surface area (Å²) in [6.07, 6.45) is 1.52. The Bertz CT molecular complexity index is 1120. The molecule has 9 heteroatoms. The summed E-state index contributed by atoms with van der Waals surface area (Å²) in [4.78, 5) is 23.7. The van der Waals surface area contributed by atoms with Gasteiger partial charge in [-0.1, -0.05) is 23.4 Å². The first-order valence-corrected chi connectivity index (χ1v) is 12.1. The van der Waals surface area contributed by atoms with Gasteiger partial charge in [0.15, 0.2) is 10.9 Å². The van der Waals surface area contributed by atoms with Crippen LogP contribution in [-0.4, -0.2) is 38.8 Å². The molecule has 1 N–H and O–H groups in total. The molecule has 0 unspecified atom stereocenters. The molecule has 0 spiro atoms. The molecule has 33 heavy (non-hydrogen) atoms. The first kappa shape index (κ1) is 24.8. The average Bonchev–Trinajstić information content (AvgIpc) is 3.18. The highest BCUT2D eigenvalue weighted by atomic mass is 35.5. The molecule has 0 radical (unpaired) electrons. The molecule has 1 aromatic heterocycles. The van der Waals surface area contributed by atoms with Crippen molar-refractivity contribution in [3.05, 3.63) is 64.4 Å². The third kappa shape index (κ3) is 7.07. The van der Waals surface area contributed by atoms with Crippen LogP contribution in [0.4, 0.5) is 5.69 Å². The van der Waals surface area contributed by atoms with Gasteiger partial charge in [-0.3, -0.25) is 9.59 Å². The number of Topliss-reactive ketones (excluding diaryl/α,β-unsaturated/α-hetero) is 1. The van der Waals surface area contributed by atoms with Gasteiger partial charge in [0.25, 0.3) is 0 Å². The van der Waals surface area contributed by atoms with Crippen molar-refractivity contribution in [1.29, 1.82) is 0 Å². The highest BCUT2D eigenvalue weighted by molar-refractivity contribution is 7.99. The molecule has 0 aliphatic rings. The van der Waals surface area contributed by atoms with E-state index in [1.807, 2.05) is 36.6 Å². The van der Waals surface area contributed by atoms with Crippen molar-refractivity contribution >= 4 is 40.7 Å². The Morgan fingerprint density at radius 2 is 1.91 bits per heavy atom. The summed E-state index contributed by atoms with van der Waals surface area (Å²) >= 11 is 7.33. The zero-order chi connectivity index (χ0) is 23.8. The van der Waals surface area contributed by atoms with Crippen LogP contribution in [0.1, 0.15) is 42.0 Å².